The van der Waals surface area contributed by atoms with Crippen LogP contribution in [0, 0.1) is 18.3 Å². The minimum atomic E-state index is 0.523. The van der Waals surface area contributed by atoms with Gasteiger partial charge in [-0.25, -0.2) is 0 Å². The van der Waals surface area contributed by atoms with E-state index in [0.717, 1.165) is 16.9 Å². The molecule has 0 aliphatic heterocycles. The second-order valence-corrected chi connectivity index (χ2v) is 4.70. The summed E-state index contributed by atoms with van der Waals surface area (Å²) in [6.07, 6.45) is 0. The first-order valence-electron chi connectivity index (χ1n) is 5.33. The third-order valence-electron chi connectivity index (χ3n) is 2.58. The van der Waals surface area contributed by atoms with E-state index in [9.17, 15) is 0 Å². The lowest BCUT2D eigenvalue weighted by atomic mass is 10.1. The van der Waals surface area contributed by atoms with E-state index in [1.54, 1.807) is 24.3 Å². The molecule has 0 unspecified atom stereocenters. The lowest BCUT2D eigenvalue weighted by molar-refractivity contribution is 1.39. The lowest BCUT2D eigenvalue weighted by Crippen LogP contribution is -1.97. The molecule has 0 saturated carbocycles. The first-order chi connectivity index (χ1) is 8.61. The molecule has 0 saturated heterocycles. The second kappa shape index (κ2) is 5.30. The van der Waals surface area contributed by atoms with E-state index in [1.165, 1.54) is 0 Å². The van der Waals surface area contributed by atoms with E-state index in [4.69, 9.17) is 28.5 Å². The topological polar surface area (TPSA) is 35.8 Å². The Balaban J connectivity index is 2.43. The van der Waals surface area contributed by atoms with Gasteiger partial charge in [0.25, 0.3) is 0 Å². The van der Waals surface area contributed by atoms with E-state index in [0.29, 0.717) is 15.6 Å². The van der Waals surface area contributed by atoms with Gasteiger partial charge in [-0.1, -0.05) is 35.3 Å². The molecule has 2 rings (SSSR count). The first kappa shape index (κ1) is 12.8. The average molecular weight is 277 g/mol. The van der Waals surface area contributed by atoms with Crippen LogP contribution in [0.3, 0.4) is 0 Å². The molecule has 2 aromatic carbocycles. The maximum atomic E-state index is 9.09. The Morgan fingerprint density at radius 1 is 1.17 bits per heavy atom. The molecule has 2 aromatic rings. The van der Waals surface area contributed by atoms with Gasteiger partial charge in [-0.15, -0.1) is 0 Å². The van der Waals surface area contributed by atoms with Crippen molar-refractivity contribution >= 4 is 34.6 Å². The van der Waals surface area contributed by atoms with Crippen LogP contribution < -0.4 is 5.32 Å². The van der Waals surface area contributed by atoms with Crippen LogP contribution in [0.2, 0.25) is 10.0 Å². The van der Waals surface area contributed by atoms with Crippen LogP contribution in [-0.2, 0) is 0 Å². The van der Waals surface area contributed by atoms with Crippen molar-refractivity contribution in [3.63, 3.8) is 0 Å². The van der Waals surface area contributed by atoms with Crippen molar-refractivity contribution in [2.75, 3.05) is 5.32 Å². The quantitative estimate of drug-likeness (QED) is 0.845. The molecule has 2 nitrogen and oxygen atoms in total. The number of anilines is 2. The molecule has 0 amide bonds. The summed E-state index contributed by atoms with van der Waals surface area (Å²) in [4.78, 5) is 0. The van der Waals surface area contributed by atoms with Crippen LogP contribution in [0.15, 0.2) is 36.4 Å². The molecule has 0 aliphatic carbocycles. The number of nitrogens with zero attached hydrogens (tertiary/aromatic N) is 1. The minimum Gasteiger partial charge on any atom is -0.353 e. The number of nitriles is 1. The summed E-state index contributed by atoms with van der Waals surface area (Å²) in [5.41, 5.74) is 3.07. The molecule has 0 aliphatic rings. The summed E-state index contributed by atoms with van der Waals surface area (Å²) in [6, 6.07) is 12.9. The molecular weight excluding hydrogens is 267 g/mol. The molecule has 0 spiro atoms. The third kappa shape index (κ3) is 2.59. The number of hydrogen-bond acceptors (Lipinski definition) is 2. The Morgan fingerprint density at radius 3 is 2.61 bits per heavy atom. The Morgan fingerprint density at radius 2 is 1.94 bits per heavy atom. The highest BCUT2D eigenvalue weighted by Gasteiger charge is 2.07. The summed E-state index contributed by atoms with van der Waals surface area (Å²) < 4.78 is 0. The maximum absolute atomic E-state index is 9.09. The van der Waals surface area contributed by atoms with Gasteiger partial charge in [0.1, 0.15) is 6.07 Å². The predicted molar refractivity (Wildman–Crippen MR) is 75.6 cm³/mol. The van der Waals surface area contributed by atoms with Crippen molar-refractivity contribution < 1.29 is 0 Å². The third-order valence-corrected chi connectivity index (χ3v) is 3.13. The van der Waals surface area contributed by atoms with Gasteiger partial charge in [0.2, 0.25) is 0 Å². The number of nitrogens with one attached hydrogen (secondary N) is 1. The fraction of sp³-hybridized carbons (Fsp3) is 0.0714. The van der Waals surface area contributed by atoms with E-state index >= 15 is 0 Å². The second-order valence-electron chi connectivity index (χ2n) is 3.86. The smallest absolute Gasteiger partial charge is 0.101 e. The molecule has 18 heavy (non-hydrogen) atoms. The zero-order valence-corrected chi connectivity index (χ0v) is 11.2. The number of benzene rings is 2. The highest BCUT2D eigenvalue weighted by atomic mass is 35.5. The SMILES string of the molecule is Cc1cccc(C#N)c1Nc1ccc(Cl)cc1Cl. The van der Waals surface area contributed by atoms with E-state index in [1.807, 2.05) is 19.1 Å². The van der Waals surface area contributed by atoms with E-state index < -0.39 is 0 Å². The highest BCUT2D eigenvalue weighted by molar-refractivity contribution is 6.36. The van der Waals surface area contributed by atoms with Gasteiger partial charge in [-0.05, 0) is 36.8 Å². The normalized spacial score (nSPS) is 9.89. The molecule has 0 bridgehead atoms. The number of para-hydroxylation sites is 1. The van der Waals surface area contributed by atoms with Gasteiger partial charge in [-0.2, -0.15) is 5.26 Å². The Bertz CT molecular complexity index is 630. The van der Waals surface area contributed by atoms with Crippen molar-refractivity contribution in [1.29, 1.82) is 5.26 Å². The summed E-state index contributed by atoms with van der Waals surface area (Å²) in [6.45, 7) is 1.94. The molecule has 90 valence electrons. The van der Waals surface area contributed by atoms with Crippen LogP contribution in [0.1, 0.15) is 11.1 Å². The molecule has 0 fully saturated rings. The fourth-order valence-corrected chi connectivity index (χ4v) is 2.11. The van der Waals surface area contributed by atoms with Crippen molar-refractivity contribution in [1.82, 2.24) is 0 Å². The minimum absolute atomic E-state index is 0.523. The van der Waals surface area contributed by atoms with Crippen molar-refractivity contribution in [2.24, 2.45) is 0 Å². The van der Waals surface area contributed by atoms with Crippen molar-refractivity contribution in [3.8, 4) is 6.07 Å². The van der Waals surface area contributed by atoms with Crippen LogP contribution in [0.4, 0.5) is 11.4 Å². The zero-order chi connectivity index (χ0) is 13.1. The number of hydrogen-bond donors (Lipinski definition) is 1. The molecule has 0 heterocycles. The molecule has 0 atom stereocenters. The van der Waals surface area contributed by atoms with Crippen molar-refractivity contribution in [3.05, 3.63) is 57.6 Å². The molecular formula is C14H10Cl2N2. The summed E-state index contributed by atoms with van der Waals surface area (Å²) in [5, 5.41) is 13.4. The Hall–Kier alpha value is -1.69. The number of rotatable bonds is 2. The lowest BCUT2D eigenvalue weighted by Gasteiger charge is -2.12. The van der Waals surface area contributed by atoms with Gasteiger partial charge in [0.15, 0.2) is 0 Å². The van der Waals surface area contributed by atoms with Gasteiger partial charge in [-0.3, -0.25) is 0 Å². The standard InChI is InChI=1S/C14H10Cl2N2/c1-9-3-2-4-10(8-17)14(9)18-13-6-5-11(15)7-12(13)16/h2-7,18H,1H3. The zero-order valence-electron chi connectivity index (χ0n) is 9.67. The van der Waals surface area contributed by atoms with Gasteiger partial charge >= 0.3 is 0 Å². The largest absolute Gasteiger partial charge is 0.353 e. The van der Waals surface area contributed by atoms with Crippen LogP contribution in [0.25, 0.3) is 0 Å². The average Bonchev–Trinajstić information content (AvgIpc) is 2.34. The van der Waals surface area contributed by atoms with Gasteiger partial charge < -0.3 is 5.32 Å². The van der Waals surface area contributed by atoms with E-state index in [2.05, 4.69) is 11.4 Å². The molecule has 1 N–H and O–H groups in total. The van der Waals surface area contributed by atoms with Crippen molar-refractivity contribution in [2.45, 2.75) is 6.92 Å². The molecule has 4 heteroatoms. The Labute approximate surface area is 116 Å². The molecule has 0 radical (unpaired) electrons. The number of aryl methyl sites for hydroxylation is 1. The highest BCUT2D eigenvalue weighted by Crippen LogP contribution is 2.30. The number of halogens is 2. The Kier molecular flexibility index (Phi) is 3.76. The predicted octanol–water partition coefficient (Wildman–Crippen LogP) is 4.92. The monoisotopic (exact) mass is 276 g/mol. The summed E-state index contributed by atoms with van der Waals surface area (Å²) in [7, 11) is 0. The van der Waals surface area contributed by atoms with Gasteiger partial charge in [0, 0.05) is 5.02 Å². The summed E-state index contributed by atoms with van der Waals surface area (Å²) in [5.74, 6) is 0. The van der Waals surface area contributed by atoms with Gasteiger partial charge in [0.05, 0.1) is 22.0 Å². The van der Waals surface area contributed by atoms with E-state index in [-0.39, 0.29) is 0 Å². The maximum Gasteiger partial charge on any atom is 0.101 e. The molecule has 0 aromatic heterocycles. The fourth-order valence-electron chi connectivity index (χ4n) is 1.65. The van der Waals surface area contributed by atoms with Crippen LogP contribution >= 0.6 is 23.2 Å². The first-order valence-corrected chi connectivity index (χ1v) is 6.09. The van der Waals surface area contributed by atoms with Crippen LogP contribution in [0.5, 0.6) is 0 Å². The van der Waals surface area contributed by atoms with Crippen LogP contribution in [-0.4, -0.2) is 0 Å². The summed E-state index contributed by atoms with van der Waals surface area (Å²) >= 11 is 11.9.